The highest BCUT2D eigenvalue weighted by atomic mass is 35.5. The third-order valence-electron chi connectivity index (χ3n) is 2.44. The van der Waals surface area contributed by atoms with Gasteiger partial charge in [-0.1, -0.05) is 23.7 Å². The van der Waals surface area contributed by atoms with Gasteiger partial charge in [0.2, 0.25) is 0 Å². The van der Waals surface area contributed by atoms with Crippen LogP contribution < -0.4 is 0 Å². The zero-order chi connectivity index (χ0) is 11.7. The fourth-order valence-corrected chi connectivity index (χ4v) is 1.81. The Balaban J connectivity index is 2.60. The molecule has 0 saturated heterocycles. The lowest BCUT2D eigenvalue weighted by atomic mass is 10.1. The Morgan fingerprint density at radius 1 is 1.19 bits per heavy atom. The molecule has 1 heterocycles. The minimum absolute atomic E-state index is 0.258. The van der Waals surface area contributed by atoms with Crippen molar-refractivity contribution in [2.75, 3.05) is 0 Å². The van der Waals surface area contributed by atoms with Gasteiger partial charge in [-0.05, 0) is 37.6 Å². The third kappa shape index (κ3) is 2.07. The first-order valence-electron chi connectivity index (χ1n) is 4.97. The van der Waals surface area contributed by atoms with E-state index in [-0.39, 0.29) is 5.82 Å². The highest BCUT2D eigenvalue weighted by molar-refractivity contribution is 6.31. The van der Waals surface area contributed by atoms with Gasteiger partial charge < -0.3 is 0 Å². The number of aryl methyl sites for hydroxylation is 2. The summed E-state index contributed by atoms with van der Waals surface area (Å²) in [4.78, 5) is 4.38. The van der Waals surface area contributed by atoms with Gasteiger partial charge in [-0.15, -0.1) is 0 Å². The Hall–Kier alpha value is -1.41. The standard InChI is InChI=1S/C13H11ClFN/c1-8-6-12(14)9(2)16-13(8)10-4-3-5-11(15)7-10/h3-7H,1-2H3. The normalized spacial score (nSPS) is 10.5. The second-order valence-corrected chi connectivity index (χ2v) is 4.14. The van der Waals surface area contributed by atoms with Crippen molar-refractivity contribution in [1.29, 1.82) is 0 Å². The monoisotopic (exact) mass is 235 g/mol. The molecule has 0 aliphatic carbocycles. The average Bonchev–Trinajstić information content (AvgIpc) is 2.23. The molecular weight excluding hydrogens is 225 g/mol. The molecule has 0 unspecified atom stereocenters. The van der Waals surface area contributed by atoms with Crippen molar-refractivity contribution in [2.45, 2.75) is 13.8 Å². The molecule has 0 spiro atoms. The van der Waals surface area contributed by atoms with Crippen molar-refractivity contribution in [2.24, 2.45) is 0 Å². The molecule has 0 atom stereocenters. The van der Waals surface area contributed by atoms with Crippen LogP contribution in [0, 0.1) is 19.7 Å². The van der Waals surface area contributed by atoms with Crippen molar-refractivity contribution in [3.05, 3.63) is 52.4 Å². The van der Waals surface area contributed by atoms with Crippen LogP contribution in [0.1, 0.15) is 11.3 Å². The highest BCUT2D eigenvalue weighted by Crippen LogP contribution is 2.25. The van der Waals surface area contributed by atoms with Gasteiger partial charge in [0, 0.05) is 5.56 Å². The largest absolute Gasteiger partial charge is 0.251 e. The van der Waals surface area contributed by atoms with Crippen LogP contribution in [0.25, 0.3) is 11.3 Å². The van der Waals surface area contributed by atoms with E-state index >= 15 is 0 Å². The molecule has 1 aromatic heterocycles. The summed E-state index contributed by atoms with van der Waals surface area (Å²) >= 11 is 5.97. The molecule has 1 nitrogen and oxygen atoms in total. The van der Waals surface area contributed by atoms with Gasteiger partial charge in [-0.3, -0.25) is 4.98 Å². The second-order valence-electron chi connectivity index (χ2n) is 3.73. The fourth-order valence-electron chi connectivity index (χ4n) is 1.60. The molecular formula is C13H11ClFN. The molecule has 2 rings (SSSR count). The Morgan fingerprint density at radius 3 is 2.62 bits per heavy atom. The first-order valence-corrected chi connectivity index (χ1v) is 5.35. The average molecular weight is 236 g/mol. The number of rotatable bonds is 1. The molecule has 0 fully saturated rings. The van der Waals surface area contributed by atoms with E-state index < -0.39 is 0 Å². The minimum Gasteiger partial charge on any atom is -0.251 e. The lowest BCUT2D eigenvalue weighted by Gasteiger charge is -2.07. The molecule has 1 aromatic carbocycles. The number of halogens is 2. The number of pyridine rings is 1. The summed E-state index contributed by atoms with van der Waals surface area (Å²) in [6.07, 6.45) is 0. The SMILES string of the molecule is Cc1cc(Cl)c(C)nc1-c1cccc(F)c1. The maximum atomic E-state index is 13.1. The summed E-state index contributed by atoms with van der Waals surface area (Å²) < 4.78 is 13.1. The number of hydrogen-bond donors (Lipinski definition) is 0. The van der Waals surface area contributed by atoms with E-state index in [0.717, 1.165) is 22.5 Å². The lowest BCUT2D eigenvalue weighted by Crippen LogP contribution is -1.92. The van der Waals surface area contributed by atoms with E-state index in [1.165, 1.54) is 12.1 Å². The zero-order valence-electron chi connectivity index (χ0n) is 9.09. The van der Waals surface area contributed by atoms with E-state index in [1.54, 1.807) is 6.07 Å². The van der Waals surface area contributed by atoms with Crippen molar-refractivity contribution in [3.63, 3.8) is 0 Å². The van der Waals surface area contributed by atoms with E-state index in [4.69, 9.17) is 11.6 Å². The molecule has 0 bridgehead atoms. The summed E-state index contributed by atoms with van der Waals surface area (Å²) in [5.41, 5.74) is 3.26. The van der Waals surface area contributed by atoms with Crippen LogP contribution in [0.15, 0.2) is 30.3 Å². The smallest absolute Gasteiger partial charge is 0.123 e. The van der Waals surface area contributed by atoms with E-state index in [9.17, 15) is 4.39 Å². The van der Waals surface area contributed by atoms with Gasteiger partial charge in [0.15, 0.2) is 0 Å². The number of aromatic nitrogens is 1. The number of nitrogens with zero attached hydrogens (tertiary/aromatic N) is 1. The van der Waals surface area contributed by atoms with Crippen molar-refractivity contribution in [3.8, 4) is 11.3 Å². The summed E-state index contributed by atoms with van der Waals surface area (Å²) in [6.45, 7) is 3.75. The molecule has 0 aliphatic rings. The maximum Gasteiger partial charge on any atom is 0.123 e. The van der Waals surface area contributed by atoms with Crippen LogP contribution in [0.2, 0.25) is 5.02 Å². The summed E-state index contributed by atoms with van der Waals surface area (Å²) in [5, 5.41) is 0.637. The van der Waals surface area contributed by atoms with Crippen LogP contribution in [-0.4, -0.2) is 4.98 Å². The van der Waals surface area contributed by atoms with Gasteiger partial charge in [0.1, 0.15) is 5.82 Å². The maximum absolute atomic E-state index is 13.1. The lowest BCUT2D eigenvalue weighted by molar-refractivity contribution is 0.628. The van der Waals surface area contributed by atoms with Gasteiger partial charge in [0.05, 0.1) is 16.4 Å². The predicted molar refractivity (Wildman–Crippen MR) is 64.1 cm³/mol. The zero-order valence-corrected chi connectivity index (χ0v) is 9.85. The molecule has 3 heteroatoms. The third-order valence-corrected chi connectivity index (χ3v) is 2.82. The van der Waals surface area contributed by atoms with Crippen molar-refractivity contribution >= 4 is 11.6 Å². The van der Waals surface area contributed by atoms with E-state index in [0.29, 0.717) is 5.02 Å². The fraction of sp³-hybridized carbons (Fsp3) is 0.154. The van der Waals surface area contributed by atoms with Crippen molar-refractivity contribution < 1.29 is 4.39 Å². The molecule has 16 heavy (non-hydrogen) atoms. The summed E-state index contributed by atoms with van der Waals surface area (Å²) in [6, 6.07) is 8.26. The highest BCUT2D eigenvalue weighted by Gasteiger charge is 2.07. The van der Waals surface area contributed by atoms with Crippen LogP contribution >= 0.6 is 11.6 Å². The molecule has 0 amide bonds. The van der Waals surface area contributed by atoms with Crippen LogP contribution in [0.3, 0.4) is 0 Å². The first kappa shape index (κ1) is 11.1. The van der Waals surface area contributed by atoms with Crippen LogP contribution in [-0.2, 0) is 0 Å². The van der Waals surface area contributed by atoms with Crippen molar-refractivity contribution in [1.82, 2.24) is 4.98 Å². The van der Waals surface area contributed by atoms with Gasteiger partial charge in [-0.25, -0.2) is 4.39 Å². The molecule has 0 N–H and O–H groups in total. The van der Waals surface area contributed by atoms with Crippen LogP contribution in [0.5, 0.6) is 0 Å². The summed E-state index contributed by atoms with van der Waals surface area (Å²) in [5.74, 6) is -0.258. The Bertz CT molecular complexity index is 537. The Morgan fingerprint density at radius 2 is 1.94 bits per heavy atom. The van der Waals surface area contributed by atoms with E-state index in [2.05, 4.69) is 4.98 Å². The van der Waals surface area contributed by atoms with Gasteiger partial charge >= 0.3 is 0 Å². The first-order chi connectivity index (χ1) is 7.58. The second kappa shape index (κ2) is 4.22. The molecule has 2 aromatic rings. The van der Waals surface area contributed by atoms with Gasteiger partial charge in [0.25, 0.3) is 0 Å². The number of benzene rings is 1. The number of hydrogen-bond acceptors (Lipinski definition) is 1. The van der Waals surface area contributed by atoms with Gasteiger partial charge in [-0.2, -0.15) is 0 Å². The molecule has 0 aliphatic heterocycles. The Labute approximate surface area is 98.9 Å². The minimum atomic E-state index is -0.258. The summed E-state index contributed by atoms with van der Waals surface area (Å²) in [7, 11) is 0. The topological polar surface area (TPSA) is 12.9 Å². The van der Waals surface area contributed by atoms with E-state index in [1.807, 2.05) is 26.0 Å². The molecule has 0 saturated carbocycles. The van der Waals surface area contributed by atoms with Crippen LogP contribution in [0.4, 0.5) is 4.39 Å². The Kier molecular flexibility index (Phi) is 2.92. The predicted octanol–water partition coefficient (Wildman–Crippen LogP) is 4.16. The molecule has 0 radical (unpaired) electrons. The quantitative estimate of drug-likeness (QED) is 0.723. The molecule has 82 valence electrons.